The fourth-order valence-electron chi connectivity index (χ4n) is 3.16. The number of carbonyl (C=O) groups excluding carboxylic acids is 2. The van der Waals surface area contributed by atoms with E-state index in [2.05, 4.69) is 9.44 Å². The molecular weight excluding hydrogens is 452 g/mol. The highest BCUT2D eigenvalue weighted by molar-refractivity contribution is 7.90. The fraction of sp³-hybridized carbons (Fsp3) is 0. The van der Waals surface area contributed by atoms with Crippen molar-refractivity contribution >= 4 is 31.6 Å². The Morgan fingerprint density at radius 2 is 0.781 bits per heavy atom. The summed E-state index contributed by atoms with van der Waals surface area (Å²) in [5.74, 6) is -1.66. The molecule has 0 heterocycles. The first-order chi connectivity index (χ1) is 15.2. The van der Waals surface area contributed by atoms with E-state index in [-0.39, 0.29) is 20.9 Å². The van der Waals surface area contributed by atoms with Gasteiger partial charge in [0.05, 0.1) is 9.79 Å². The molecule has 0 bridgehead atoms. The topological polar surface area (TPSA) is 126 Å². The molecule has 1 aliphatic carbocycles. The zero-order valence-electron chi connectivity index (χ0n) is 16.3. The number of ketones is 2. The minimum Gasteiger partial charge on any atom is -0.287 e. The second-order valence-electron chi connectivity index (χ2n) is 6.79. The minimum absolute atomic E-state index is 0.0362. The quantitative estimate of drug-likeness (QED) is 0.571. The summed E-state index contributed by atoms with van der Waals surface area (Å²) in [4.78, 5) is 26.0. The van der Waals surface area contributed by atoms with E-state index in [1.807, 2.05) is 0 Å². The van der Waals surface area contributed by atoms with Gasteiger partial charge in [0, 0.05) is 11.1 Å². The molecule has 0 spiro atoms. The molecule has 32 heavy (non-hydrogen) atoms. The van der Waals surface area contributed by atoms with Crippen molar-refractivity contribution in [3.63, 3.8) is 0 Å². The van der Waals surface area contributed by atoms with Crippen molar-refractivity contribution < 1.29 is 26.4 Å². The first kappa shape index (κ1) is 21.5. The van der Waals surface area contributed by atoms with Crippen LogP contribution in [0.1, 0.15) is 20.7 Å². The third-order valence-electron chi connectivity index (χ3n) is 4.70. The van der Waals surface area contributed by atoms with Gasteiger partial charge < -0.3 is 0 Å². The lowest BCUT2D eigenvalue weighted by molar-refractivity contribution is 0.0968. The normalized spacial score (nSPS) is 14.1. The molecule has 10 heteroatoms. The first-order valence-electron chi connectivity index (χ1n) is 9.29. The third kappa shape index (κ3) is 3.93. The van der Waals surface area contributed by atoms with Crippen LogP contribution in [0.25, 0.3) is 0 Å². The number of rotatable bonds is 6. The Morgan fingerprint density at radius 3 is 1.12 bits per heavy atom. The van der Waals surface area contributed by atoms with E-state index in [4.69, 9.17) is 0 Å². The Bertz CT molecular complexity index is 1350. The molecule has 1 aliphatic rings. The summed E-state index contributed by atoms with van der Waals surface area (Å²) in [6.07, 6.45) is 0. The van der Waals surface area contributed by atoms with Gasteiger partial charge in [0.25, 0.3) is 20.0 Å². The smallest absolute Gasteiger partial charge is 0.262 e. The van der Waals surface area contributed by atoms with Gasteiger partial charge >= 0.3 is 0 Å². The van der Waals surface area contributed by atoms with Gasteiger partial charge in [-0.05, 0) is 24.3 Å². The number of hydrogen-bond donors (Lipinski definition) is 2. The maximum atomic E-state index is 13.1. The van der Waals surface area contributed by atoms with Gasteiger partial charge in [-0.3, -0.25) is 19.0 Å². The molecule has 0 radical (unpaired) electrons. The number of carbonyl (C=O) groups is 2. The van der Waals surface area contributed by atoms with Crippen molar-refractivity contribution in [2.45, 2.75) is 9.79 Å². The van der Waals surface area contributed by atoms with Gasteiger partial charge in [-0.2, -0.15) is 0 Å². The van der Waals surface area contributed by atoms with Crippen molar-refractivity contribution in [3.8, 4) is 0 Å². The van der Waals surface area contributed by atoms with Crippen LogP contribution in [-0.2, 0) is 20.0 Å². The van der Waals surface area contributed by atoms with Gasteiger partial charge in [0.2, 0.25) is 11.6 Å². The van der Waals surface area contributed by atoms with Crippen LogP contribution in [0.4, 0.5) is 0 Å². The van der Waals surface area contributed by atoms with E-state index in [9.17, 15) is 26.4 Å². The number of hydrogen-bond acceptors (Lipinski definition) is 6. The summed E-state index contributed by atoms with van der Waals surface area (Å²) in [6, 6.07) is 20.2. The van der Waals surface area contributed by atoms with Gasteiger partial charge in [0.1, 0.15) is 11.4 Å². The molecular formula is C22H16N2O6S2. The number of allylic oxidation sites excluding steroid dienone is 2. The summed E-state index contributed by atoms with van der Waals surface area (Å²) in [5.41, 5.74) is -1.41. The predicted molar refractivity (Wildman–Crippen MR) is 116 cm³/mol. The van der Waals surface area contributed by atoms with Gasteiger partial charge in [0.15, 0.2) is 0 Å². The lowest BCUT2D eigenvalue weighted by Crippen LogP contribution is -2.40. The maximum absolute atomic E-state index is 13.1. The zero-order chi connectivity index (χ0) is 22.9. The van der Waals surface area contributed by atoms with Gasteiger partial charge in [-0.15, -0.1) is 0 Å². The van der Waals surface area contributed by atoms with Crippen molar-refractivity contribution in [3.05, 3.63) is 107 Å². The van der Waals surface area contributed by atoms with Crippen LogP contribution in [0, 0.1) is 0 Å². The van der Waals surface area contributed by atoms with E-state index in [1.54, 1.807) is 12.1 Å². The average Bonchev–Trinajstić information content (AvgIpc) is 2.81. The van der Waals surface area contributed by atoms with E-state index >= 15 is 0 Å². The number of sulfonamides is 2. The molecule has 3 aromatic carbocycles. The monoisotopic (exact) mass is 468 g/mol. The van der Waals surface area contributed by atoms with Crippen molar-refractivity contribution in [2.24, 2.45) is 0 Å². The van der Waals surface area contributed by atoms with Crippen molar-refractivity contribution in [2.75, 3.05) is 0 Å². The van der Waals surface area contributed by atoms with Gasteiger partial charge in [-0.1, -0.05) is 60.7 Å². The van der Waals surface area contributed by atoms with Crippen LogP contribution in [0.2, 0.25) is 0 Å². The molecule has 8 nitrogen and oxygen atoms in total. The molecule has 0 atom stereocenters. The van der Waals surface area contributed by atoms with Crippen molar-refractivity contribution in [1.82, 2.24) is 9.44 Å². The molecule has 162 valence electrons. The Morgan fingerprint density at radius 1 is 0.469 bits per heavy atom. The molecule has 2 N–H and O–H groups in total. The number of fused-ring (bicyclic) bond motifs is 1. The highest BCUT2D eigenvalue weighted by Crippen LogP contribution is 2.26. The summed E-state index contributed by atoms with van der Waals surface area (Å²) < 4.78 is 55.7. The summed E-state index contributed by atoms with van der Waals surface area (Å²) in [6.45, 7) is 0. The lowest BCUT2D eigenvalue weighted by atomic mass is 9.91. The SMILES string of the molecule is O=C1C(NS(=O)(=O)c2ccccc2)=C(NS(=O)(=O)c2ccccc2)C(=O)c2ccccc21. The first-order valence-corrected chi connectivity index (χ1v) is 12.3. The van der Waals surface area contributed by atoms with E-state index in [0.29, 0.717) is 0 Å². The Balaban J connectivity index is 1.86. The van der Waals surface area contributed by atoms with Crippen LogP contribution in [0.3, 0.4) is 0 Å². The molecule has 0 amide bonds. The van der Waals surface area contributed by atoms with Crippen LogP contribution >= 0.6 is 0 Å². The highest BCUT2D eigenvalue weighted by Gasteiger charge is 2.36. The fourth-order valence-corrected chi connectivity index (χ4v) is 5.35. The second-order valence-corrected chi connectivity index (χ2v) is 10.2. The molecule has 0 saturated carbocycles. The van der Waals surface area contributed by atoms with E-state index in [0.717, 1.165) is 0 Å². The van der Waals surface area contributed by atoms with Gasteiger partial charge in [-0.25, -0.2) is 16.8 Å². The summed E-state index contributed by atoms with van der Waals surface area (Å²) in [7, 11) is -8.58. The summed E-state index contributed by atoms with van der Waals surface area (Å²) >= 11 is 0. The Hall–Kier alpha value is -3.76. The van der Waals surface area contributed by atoms with Crippen LogP contribution < -0.4 is 9.44 Å². The molecule has 3 aromatic rings. The summed E-state index contributed by atoms with van der Waals surface area (Å²) in [5, 5.41) is 0. The molecule has 0 aromatic heterocycles. The predicted octanol–water partition coefficient (Wildman–Crippen LogP) is 2.23. The van der Waals surface area contributed by atoms with Crippen LogP contribution in [0.15, 0.2) is 106 Å². The molecule has 0 aliphatic heterocycles. The van der Waals surface area contributed by atoms with E-state index < -0.39 is 43.0 Å². The molecule has 4 rings (SSSR count). The number of Topliss-reactive ketones (excluding diaryl/α,β-unsaturated/α-hetero) is 2. The molecule has 0 unspecified atom stereocenters. The maximum Gasteiger partial charge on any atom is 0.262 e. The third-order valence-corrected chi connectivity index (χ3v) is 7.43. The van der Waals surface area contributed by atoms with E-state index in [1.165, 1.54) is 72.8 Å². The van der Waals surface area contributed by atoms with Crippen molar-refractivity contribution in [1.29, 1.82) is 0 Å². The molecule has 0 fully saturated rings. The second kappa shape index (κ2) is 8.06. The zero-order valence-corrected chi connectivity index (χ0v) is 18.0. The highest BCUT2D eigenvalue weighted by atomic mass is 32.2. The van der Waals surface area contributed by atoms with Crippen LogP contribution in [-0.4, -0.2) is 28.4 Å². The average molecular weight is 469 g/mol. The standard InChI is InChI=1S/C22H16N2O6S2/c25-21-17-13-7-8-14-18(17)22(26)20(24-32(29,30)16-11-5-2-6-12-16)19(21)23-31(27,28)15-9-3-1-4-10-15/h1-14,23-24H. The van der Waals surface area contributed by atoms with Crippen LogP contribution in [0.5, 0.6) is 0 Å². The lowest BCUT2D eigenvalue weighted by Gasteiger charge is -2.22. The number of nitrogens with one attached hydrogen (secondary N) is 2. The Labute approximate surface area is 184 Å². The molecule has 0 saturated heterocycles. The largest absolute Gasteiger partial charge is 0.287 e. The Kier molecular flexibility index (Phi) is 5.41. The minimum atomic E-state index is -4.29. The number of benzene rings is 3.